The van der Waals surface area contributed by atoms with E-state index in [2.05, 4.69) is 20.9 Å². The van der Waals surface area contributed by atoms with E-state index >= 15 is 0 Å². The van der Waals surface area contributed by atoms with Gasteiger partial charge >= 0.3 is 5.97 Å². The number of thiazole rings is 1. The Morgan fingerprint density at radius 2 is 2.10 bits per heavy atom. The summed E-state index contributed by atoms with van der Waals surface area (Å²) < 4.78 is 0.807. The number of hydrogen-bond acceptors (Lipinski definition) is 3. The number of aromatic nitrogens is 1. The molecular formula is C15H14BrNO2S. The van der Waals surface area contributed by atoms with Gasteiger partial charge in [-0.05, 0) is 27.9 Å². The van der Waals surface area contributed by atoms with Crippen LogP contribution in [-0.2, 0) is 4.79 Å². The highest BCUT2D eigenvalue weighted by atomic mass is 79.9. The third-order valence-electron chi connectivity index (χ3n) is 4.28. The van der Waals surface area contributed by atoms with Crippen LogP contribution in [0.2, 0.25) is 0 Å². The summed E-state index contributed by atoms with van der Waals surface area (Å²) >= 11 is 4.89. The molecule has 1 aromatic carbocycles. The Morgan fingerprint density at radius 1 is 1.40 bits per heavy atom. The maximum Gasteiger partial charge on any atom is 0.310 e. The van der Waals surface area contributed by atoms with E-state index in [1.54, 1.807) is 6.20 Å². The number of hydrogen-bond donors (Lipinski definition) is 1. The van der Waals surface area contributed by atoms with Crippen molar-refractivity contribution in [1.29, 1.82) is 0 Å². The molecule has 1 N–H and O–H groups in total. The van der Waals surface area contributed by atoms with Gasteiger partial charge in [0, 0.05) is 22.9 Å². The quantitative estimate of drug-likeness (QED) is 0.894. The van der Waals surface area contributed by atoms with Crippen LogP contribution in [0.25, 0.3) is 0 Å². The third kappa shape index (κ3) is 1.91. The van der Waals surface area contributed by atoms with Gasteiger partial charge in [0.05, 0.1) is 5.41 Å². The molecule has 0 saturated heterocycles. The molecule has 0 aliphatic heterocycles. The number of aliphatic carboxylic acids is 1. The molecule has 5 heteroatoms. The zero-order valence-corrected chi connectivity index (χ0v) is 13.3. The molecule has 1 heterocycles. The molecule has 0 amide bonds. The van der Waals surface area contributed by atoms with Crippen LogP contribution in [0.1, 0.15) is 35.6 Å². The van der Waals surface area contributed by atoms with Crippen LogP contribution in [0, 0.1) is 5.41 Å². The van der Waals surface area contributed by atoms with Crippen molar-refractivity contribution in [2.45, 2.75) is 25.2 Å². The fourth-order valence-corrected chi connectivity index (χ4v) is 4.82. The number of nitrogens with zero attached hydrogens (tertiary/aromatic N) is 1. The summed E-state index contributed by atoms with van der Waals surface area (Å²) in [6, 6.07) is 9.94. The Balaban J connectivity index is 2.05. The lowest BCUT2D eigenvalue weighted by Gasteiger charge is -2.09. The number of rotatable bonds is 4. The highest BCUT2D eigenvalue weighted by molar-refractivity contribution is 9.11. The van der Waals surface area contributed by atoms with E-state index in [1.165, 1.54) is 11.3 Å². The van der Waals surface area contributed by atoms with E-state index < -0.39 is 11.4 Å². The molecular weight excluding hydrogens is 338 g/mol. The molecule has 1 aliphatic carbocycles. The molecule has 0 bridgehead atoms. The molecule has 3 unspecified atom stereocenters. The predicted octanol–water partition coefficient (Wildman–Crippen LogP) is 4.27. The molecule has 1 aromatic heterocycles. The first kappa shape index (κ1) is 13.8. The van der Waals surface area contributed by atoms with Gasteiger partial charge in [-0.1, -0.05) is 37.3 Å². The molecule has 3 rings (SSSR count). The minimum Gasteiger partial charge on any atom is -0.481 e. The Labute approximate surface area is 129 Å². The van der Waals surface area contributed by atoms with Crippen LogP contribution in [0.4, 0.5) is 0 Å². The molecule has 1 aliphatic rings. The van der Waals surface area contributed by atoms with E-state index in [0.29, 0.717) is 6.42 Å². The average molecular weight is 352 g/mol. The fraction of sp³-hybridized carbons (Fsp3) is 0.333. The van der Waals surface area contributed by atoms with Crippen LogP contribution < -0.4 is 0 Å². The minimum atomic E-state index is -0.705. The van der Waals surface area contributed by atoms with E-state index in [-0.39, 0.29) is 11.8 Å². The Bertz CT molecular complexity index is 642. The summed E-state index contributed by atoms with van der Waals surface area (Å²) in [6.45, 7) is 1.96. The van der Waals surface area contributed by atoms with Gasteiger partial charge in [0.25, 0.3) is 0 Å². The van der Waals surface area contributed by atoms with Gasteiger partial charge in [-0.25, -0.2) is 4.98 Å². The average Bonchev–Trinajstić information content (AvgIpc) is 2.98. The van der Waals surface area contributed by atoms with Crippen LogP contribution >= 0.6 is 27.3 Å². The van der Waals surface area contributed by atoms with Crippen LogP contribution in [0.15, 0.2) is 40.4 Å². The second kappa shape index (κ2) is 4.97. The fourth-order valence-electron chi connectivity index (χ4n) is 3.27. The van der Waals surface area contributed by atoms with E-state index in [4.69, 9.17) is 0 Å². The Kier molecular flexibility index (Phi) is 3.42. The first-order valence-corrected chi connectivity index (χ1v) is 8.11. The van der Waals surface area contributed by atoms with E-state index in [0.717, 1.165) is 14.4 Å². The summed E-state index contributed by atoms with van der Waals surface area (Å²) in [5.74, 6) is -0.641. The zero-order chi connectivity index (χ0) is 14.3. The molecule has 1 saturated carbocycles. The summed E-state index contributed by atoms with van der Waals surface area (Å²) in [5.41, 5.74) is 0.416. The van der Waals surface area contributed by atoms with Crippen molar-refractivity contribution in [3.05, 3.63) is 50.9 Å². The zero-order valence-electron chi connectivity index (χ0n) is 10.9. The van der Waals surface area contributed by atoms with Crippen molar-refractivity contribution in [3.8, 4) is 0 Å². The van der Waals surface area contributed by atoms with Crippen molar-refractivity contribution in [2.24, 2.45) is 5.41 Å². The normalized spacial score (nSPS) is 28.3. The van der Waals surface area contributed by atoms with Gasteiger partial charge in [0.15, 0.2) is 3.92 Å². The minimum absolute atomic E-state index is 0.0243. The predicted molar refractivity (Wildman–Crippen MR) is 82.1 cm³/mol. The van der Waals surface area contributed by atoms with E-state index in [9.17, 15) is 9.90 Å². The second-order valence-electron chi connectivity index (χ2n) is 5.08. The molecule has 0 spiro atoms. The highest BCUT2D eigenvalue weighted by Crippen LogP contribution is 2.72. The summed E-state index contributed by atoms with van der Waals surface area (Å²) in [5, 5.41) is 9.75. The lowest BCUT2D eigenvalue weighted by Crippen LogP contribution is -2.17. The van der Waals surface area contributed by atoms with Gasteiger partial charge < -0.3 is 5.11 Å². The van der Waals surface area contributed by atoms with Gasteiger partial charge in [-0.2, -0.15) is 0 Å². The number of benzene rings is 1. The first-order chi connectivity index (χ1) is 9.61. The topological polar surface area (TPSA) is 50.2 Å². The number of carbonyl (C=O) groups is 1. The second-order valence-corrected chi connectivity index (χ2v) is 7.42. The molecule has 1 fully saturated rings. The Hall–Kier alpha value is -1.20. The first-order valence-electron chi connectivity index (χ1n) is 6.50. The lowest BCUT2D eigenvalue weighted by molar-refractivity contribution is -0.143. The lowest BCUT2D eigenvalue weighted by atomic mass is 9.96. The van der Waals surface area contributed by atoms with Gasteiger partial charge in [-0.15, -0.1) is 11.3 Å². The summed E-state index contributed by atoms with van der Waals surface area (Å²) in [4.78, 5) is 17.1. The van der Waals surface area contributed by atoms with Crippen molar-refractivity contribution in [3.63, 3.8) is 0 Å². The van der Waals surface area contributed by atoms with Gasteiger partial charge in [-0.3, -0.25) is 4.79 Å². The van der Waals surface area contributed by atoms with Crippen molar-refractivity contribution in [2.75, 3.05) is 0 Å². The molecule has 0 radical (unpaired) electrons. The molecule has 3 nitrogen and oxygen atoms in total. The van der Waals surface area contributed by atoms with E-state index in [1.807, 2.05) is 37.3 Å². The molecule has 2 aromatic rings. The number of carboxylic acids is 1. The molecule has 104 valence electrons. The summed E-state index contributed by atoms with van der Waals surface area (Å²) in [6.07, 6.45) is 2.43. The standard InChI is InChI=1S/C15H14BrNO2S/c1-2-15(13(18)19)11(9-6-4-3-5-7-9)12(15)10-8-17-14(16)20-10/h3-8,11-12H,2H2,1H3,(H,18,19). The smallest absolute Gasteiger partial charge is 0.310 e. The maximum atomic E-state index is 11.9. The SMILES string of the molecule is CCC1(C(=O)O)C(c2ccccc2)C1c1cnc(Br)s1. The van der Waals surface area contributed by atoms with Crippen molar-refractivity contribution < 1.29 is 9.90 Å². The van der Waals surface area contributed by atoms with Gasteiger partial charge in [0.1, 0.15) is 0 Å². The number of halogens is 1. The van der Waals surface area contributed by atoms with Crippen LogP contribution in [-0.4, -0.2) is 16.1 Å². The van der Waals surface area contributed by atoms with Crippen LogP contribution in [0.3, 0.4) is 0 Å². The van der Waals surface area contributed by atoms with Crippen LogP contribution in [0.5, 0.6) is 0 Å². The van der Waals surface area contributed by atoms with Crippen molar-refractivity contribution >= 4 is 33.2 Å². The summed E-state index contributed by atoms with van der Waals surface area (Å²) in [7, 11) is 0. The largest absolute Gasteiger partial charge is 0.481 e. The van der Waals surface area contributed by atoms with Crippen molar-refractivity contribution in [1.82, 2.24) is 4.98 Å². The third-order valence-corrected chi connectivity index (χ3v) is 5.84. The number of carboxylic acid groups (broad SMARTS) is 1. The Morgan fingerprint density at radius 3 is 2.60 bits per heavy atom. The molecule has 3 atom stereocenters. The highest BCUT2D eigenvalue weighted by Gasteiger charge is 2.70. The monoisotopic (exact) mass is 351 g/mol. The maximum absolute atomic E-state index is 11.9. The molecule has 20 heavy (non-hydrogen) atoms. The van der Waals surface area contributed by atoms with Gasteiger partial charge in [0.2, 0.25) is 0 Å².